The Morgan fingerprint density at radius 3 is 2.57 bits per heavy atom. The monoisotopic (exact) mass is 329 g/mol. The number of imidazole rings is 1. The fourth-order valence-corrected chi connectivity index (χ4v) is 2.68. The summed E-state index contributed by atoms with van der Waals surface area (Å²) in [5.41, 5.74) is 6.00. The second kappa shape index (κ2) is 7.83. The summed E-state index contributed by atoms with van der Waals surface area (Å²) in [6.07, 6.45) is 3.53. The van der Waals surface area contributed by atoms with Crippen molar-refractivity contribution >= 4 is 5.91 Å². The maximum Gasteiger partial charge on any atom is 0.319 e. The van der Waals surface area contributed by atoms with Crippen LogP contribution >= 0.6 is 0 Å². The van der Waals surface area contributed by atoms with E-state index >= 15 is 0 Å². The molecule has 1 amide bonds. The second-order valence-corrected chi connectivity index (χ2v) is 6.04. The van der Waals surface area contributed by atoms with Gasteiger partial charge in [-0.05, 0) is 5.92 Å². The number of amides is 1. The van der Waals surface area contributed by atoms with Gasteiger partial charge in [-0.25, -0.2) is 4.98 Å². The average molecular weight is 329 g/mol. The number of nitrogens with two attached hydrogens (primary N) is 1. The molecule has 1 fully saturated rings. The van der Waals surface area contributed by atoms with Gasteiger partial charge in [0, 0.05) is 38.6 Å². The number of piperazine rings is 1. The molecule has 1 aliphatic heterocycles. The Hall–Kier alpha value is -1.54. The smallest absolute Gasteiger partial charge is 0.319 e. The van der Waals surface area contributed by atoms with E-state index in [1.165, 1.54) is 12.4 Å². The third-order valence-electron chi connectivity index (χ3n) is 4.55. The molecule has 0 saturated carbocycles. The molecular formula is C15H25F2N5O. The van der Waals surface area contributed by atoms with Gasteiger partial charge in [0.05, 0.1) is 12.6 Å². The highest BCUT2D eigenvalue weighted by molar-refractivity contribution is 5.82. The van der Waals surface area contributed by atoms with E-state index in [0.29, 0.717) is 38.5 Å². The molecular weight excluding hydrogens is 304 g/mol. The first-order valence-corrected chi connectivity index (χ1v) is 8.00. The van der Waals surface area contributed by atoms with E-state index in [4.69, 9.17) is 5.73 Å². The summed E-state index contributed by atoms with van der Waals surface area (Å²) >= 11 is 0. The van der Waals surface area contributed by atoms with Gasteiger partial charge in [0.15, 0.2) is 0 Å². The van der Waals surface area contributed by atoms with E-state index in [9.17, 15) is 13.6 Å². The molecule has 1 saturated heterocycles. The molecule has 0 aromatic carbocycles. The molecule has 0 spiro atoms. The van der Waals surface area contributed by atoms with Crippen LogP contribution in [0, 0.1) is 5.92 Å². The first-order chi connectivity index (χ1) is 10.9. The highest BCUT2D eigenvalue weighted by atomic mass is 19.3. The molecule has 2 atom stereocenters. The van der Waals surface area contributed by atoms with Gasteiger partial charge < -0.3 is 10.6 Å². The molecule has 2 rings (SSSR count). The zero-order valence-electron chi connectivity index (χ0n) is 13.7. The van der Waals surface area contributed by atoms with Crippen LogP contribution in [0.1, 0.15) is 32.6 Å². The van der Waals surface area contributed by atoms with Crippen molar-refractivity contribution < 1.29 is 13.6 Å². The summed E-state index contributed by atoms with van der Waals surface area (Å²) in [7, 11) is 0. The quantitative estimate of drug-likeness (QED) is 0.854. The highest BCUT2D eigenvalue weighted by Crippen LogP contribution is 2.16. The van der Waals surface area contributed by atoms with Crippen molar-refractivity contribution in [1.29, 1.82) is 0 Å². The Balaban J connectivity index is 1.86. The van der Waals surface area contributed by atoms with Crippen LogP contribution in [-0.2, 0) is 11.3 Å². The van der Waals surface area contributed by atoms with Crippen molar-refractivity contribution in [2.75, 3.05) is 26.2 Å². The Morgan fingerprint density at radius 2 is 2.00 bits per heavy atom. The molecule has 23 heavy (non-hydrogen) atoms. The van der Waals surface area contributed by atoms with Gasteiger partial charge in [0.1, 0.15) is 5.82 Å². The van der Waals surface area contributed by atoms with Gasteiger partial charge in [0.25, 0.3) is 0 Å². The Morgan fingerprint density at radius 1 is 1.35 bits per heavy atom. The van der Waals surface area contributed by atoms with Crippen molar-refractivity contribution in [2.24, 2.45) is 11.7 Å². The molecule has 1 aromatic rings. The minimum Gasteiger partial charge on any atom is -0.339 e. The van der Waals surface area contributed by atoms with Crippen LogP contribution in [0.2, 0.25) is 0 Å². The molecule has 6 nitrogen and oxygen atoms in total. The molecule has 2 heterocycles. The number of rotatable bonds is 6. The van der Waals surface area contributed by atoms with Gasteiger partial charge in [-0.3, -0.25) is 14.3 Å². The van der Waals surface area contributed by atoms with Crippen molar-refractivity contribution in [1.82, 2.24) is 19.4 Å². The topological polar surface area (TPSA) is 67.4 Å². The van der Waals surface area contributed by atoms with Crippen molar-refractivity contribution in [3.05, 3.63) is 18.2 Å². The fraction of sp³-hybridized carbons (Fsp3) is 0.733. The number of hydrogen-bond donors (Lipinski definition) is 1. The van der Waals surface area contributed by atoms with E-state index in [-0.39, 0.29) is 11.8 Å². The normalized spacial score (nSPS) is 19.1. The van der Waals surface area contributed by atoms with Crippen LogP contribution in [0.4, 0.5) is 8.78 Å². The molecule has 130 valence electrons. The van der Waals surface area contributed by atoms with Crippen molar-refractivity contribution in [3.63, 3.8) is 0 Å². The maximum absolute atomic E-state index is 12.8. The minimum atomic E-state index is -2.58. The molecule has 0 aliphatic carbocycles. The largest absolute Gasteiger partial charge is 0.339 e. The predicted molar refractivity (Wildman–Crippen MR) is 82.8 cm³/mol. The molecule has 8 heteroatoms. The lowest BCUT2D eigenvalue weighted by Crippen LogP contribution is -2.54. The lowest BCUT2D eigenvalue weighted by Gasteiger charge is -2.36. The fourth-order valence-electron chi connectivity index (χ4n) is 2.68. The molecule has 1 aliphatic rings. The number of nitrogens with zero attached hydrogens (tertiary/aromatic N) is 4. The average Bonchev–Trinajstić information content (AvgIpc) is 3.01. The third-order valence-corrected chi connectivity index (χ3v) is 4.55. The maximum atomic E-state index is 12.8. The van der Waals surface area contributed by atoms with Crippen LogP contribution in [0.5, 0.6) is 0 Å². The van der Waals surface area contributed by atoms with E-state index in [1.54, 1.807) is 4.90 Å². The minimum absolute atomic E-state index is 0.0203. The summed E-state index contributed by atoms with van der Waals surface area (Å²) in [6.45, 7) is 4.17. The van der Waals surface area contributed by atoms with Crippen molar-refractivity contribution in [2.45, 2.75) is 39.4 Å². The summed E-state index contributed by atoms with van der Waals surface area (Å²) in [5.74, 6) is 0.475. The highest BCUT2D eigenvalue weighted by Gasteiger charge is 2.28. The number of carbonyl (C=O) groups is 1. The van der Waals surface area contributed by atoms with Crippen molar-refractivity contribution in [3.8, 4) is 0 Å². The van der Waals surface area contributed by atoms with Gasteiger partial charge in [-0.1, -0.05) is 20.3 Å². The van der Waals surface area contributed by atoms with Gasteiger partial charge in [-0.2, -0.15) is 8.78 Å². The van der Waals surface area contributed by atoms with Crippen LogP contribution in [-0.4, -0.2) is 57.5 Å². The van der Waals surface area contributed by atoms with Gasteiger partial charge in [-0.15, -0.1) is 0 Å². The number of hydrogen-bond acceptors (Lipinski definition) is 4. The summed E-state index contributed by atoms with van der Waals surface area (Å²) in [6, 6.07) is -0.468. The number of halogens is 2. The van der Waals surface area contributed by atoms with E-state index in [1.807, 2.05) is 18.7 Å². The lowest BCUT2D eigenvalue weighted by molar-refractivity contribution is -0.135. The SMILES string of the molecule is CC[C@@H](C)[C@@H](N)C(=O)N1CCN(Cc2nccn2C(F)F)CC1. The summed E-state index contributed by atoms with van der Waals surface area (Å²) in [4.78, 5) is 20.1. The molecule has 0 bridgehead atoms. The summed E-state index contributed by atoms with van der Waals surface area (Å²) < 4.78 is 26.5. The van der Waals surface area contributed by atoms with E-state index < -0.39 is 12.6 Å². The zero-order valence-corrected chi connectivity index (χ0v) is 13.7. The molecule has 0 radical (unpaired) electrons. The zero-order chi connectivity index (χ0) is 17.0. The lowest BCUT2D eigenvalue weighted by atomic mass is 9.98. The predicted octanol–water partition coefficient (Wildman–Crippen LogP) is 1.30. The Bertz CT molecular complexity index is 514. The Kier molecular flexibility index (Phi) is 6.06. The second-order valence-electron chi connectivity index (χ2n) is 6.04. The third kappa shape index (κ3) is 4.26. The number of aromatic nitrogens is 2. The standard InChI is InChI=1S/C15H25F2N5O/c1-3-11(2)13(18)14(23)21-8-6-20(7-9-21)10-12-19-4-5-22(12)15(16)17/h4-5,11,13,15H,3,6-10,18H2,1-2H3/t11-,13-/m1/s1. The van der Waals surface area contributed by atoms with Crippen LogP contribution in [0.3, 0.4) is 0 Å². The molecule has 2 N–H and O–H groups in total. The first kappa shape index (κ1) is 17.8. The van der Waals surface area contributed by atoms with Gasteiger partial charge in [0.2, 0.25) is 5.91 Å². The summed E-state index contributed by atoms with van der Waals surface area (Å²) in [5, 5.41) is 0. The number of carbonyl (C=O) groups excluding carboxylic acids is 1. The molecule has 1 aromatic heterocycles. The van der Waals surface area contributed by atoms with Crippen LogP contribution in [0.25, 0.3) is 0 Å². The molecule has 0 unspecified atom stereocenters. The first-order valence-electron chi connectivity index (χ1n) is 8.00. The van der Waals surface area contributed by atoms with E-state index in [0.717, 1.165) is 11.0 Å². The van der Waals surface area contributed by atoms with E-state index in [2.05, 4.69) is 4.98 Å². The Labute approximate surface area is 135 Å². The number of alkyl halides is 2. The van der Waals surface area contributed by atoms with Crippen LogP contribution < -0.4 is 5.73 Å². The van der Waals surface area contributed by atoms with Crippen LogP contribution in [0.15, 0.2) is 12.4 Å². The van der Waals surface area contributed by atoms with Gasteiger partial charge >= 0.3 is 6.55 Å².